The van der Waals surface area contributed by atoms with Crippen molar-refractivity contribution in [3.05, 3.63) is 45.8 Å². The molecule has 146 valence electrons. The number of thioether (sulfide) groups is 1. The molecule has 0 spiro atoms. The Morgan fingerprint density at radius 3 is 2.61 bits per heavy atom. The minimum absolute atomic E-state index is 0.202. The zero-order valence-corrected chi connectivity index (χ0v) is 17.7. The summed E-state index contributed by atoms with van der Waals surface area (Å²) in [6, 6.07) is 6.29. The number of hydrogen-bond donors (Lipinski definition) is 0. The first-order valence-electron chi connectivity index (χ1n) is 8.85. The van der Waals surface area contributed by atoms with Crippen molar-refractivity contribution in [1.82, 2.24) is 14.5 Å². The van der Waals surface area contributed by atoms with E-state index in [2.05, 4.69) is 9.97 Å². The largest absolute Gasteiger partial charge is 0.292 e. The summed E-state index contributed by atoms with van der Waals surface area (Å²) in [6.07, 6.45) is 4.93. The van der Waals surface area contributed by atoms with Crippen molar-refractivity contribution in [3.63, 3.8) is 0 Å². The van der Waals surface area contributed by atoms with Crippen LogP contribution in [-0.2, 0) is 16.4 Å². The fraction of sp³-hybridized carbons (Fsp3) is 0.316. The number of hydrogen-bond acceptors (Lipinski definition) is 6. The standard InChI is InChI=1S/C19H18ClN3O3S2/c1-3-23-17-11(10-21-19(22-17)27-2)8-15(18(23)24)14-7-6-13(9-16(14)20)28(25,26)12-4-5-12/h6-10,12H,3-5H2,1-2H3. The summed E-state index contributed by atoms with van der Waals surface area (Å²) < 4.78 is 26.5. The van der Waals surface area contributed by atoms with Crippen molar-refractivity contribution in [2.24, 2.45) is 0 Å². The molecule has 4 rings (SSSR count). The number of rotatable bonds is 5. The molecule has 1 aliphatic carbocycles. The van der Waals surface area contributed by atoms with Gasteiger partial charge in [0.1, 0.15) is 5.65 Å². The predicted octanol–water partition coefficient (Wildman–Crippen LogP) is 3.79. The minimum Gasteiger partial charge on any atom is -0.292 e. The Bertz CT molecular complexity index is 1250. The highest BCUT2D eigenvalue weighted by Crippen LogP contribution is 2.36. The maximum absolute atomic E-state index is 13.1. The molecule has 0 N–H and O–H groups in total. The smallest absolute Gasteiger partial charge is 0.260 e. The van der Waals surface area contributed by atoms with Crippen LogP contribution >= 0.6 is 23.4 Å². The highest BCUT2D eigenvalue weighted by atomic mass is 35.5. The Labute approximate surface area is 171 Å². The molecule has 0 radical (unpaired) electrons. The summed E-state index contributed by atoms with van der Waals surface area (Å²) in [6.45, 7) is 2.32. The van der Waals surface area contributed by atoms with Gasteiger partial charge in [0.15, 0.2) is 15.0 Å². The van der Waals surface area contributed by atoms with E-state index in [1.54, 1.807) is 22.9 Å². The maximum atomic E-state index is 13.1. The van der Waals surface area contributed by atoms with E-state index in [1.807, 2.05) is 13.2 Å². The lowest BCUT2D eigenvalue weighted by Gasteiger charge is -2.12. The minimum atomic E-state index is -3.34. The van der Waals surface area contributed by atoms with E-state index >= 15 is 0 Å². The van der Waals surface area contributed by atoms with E-state index in [4.69, 9.17) is 11.6 Å². The molecule has 0 saturated heterocycles. The van der Waals surface area contributed by atoms with Gasteiger partial charge < -0.3 is 0 Å². The van der Waals surface area contributed by atoms with Crippen LogP contribution in [0.25, 0.3) is 22.2 Å². The van der Waals surface area contributed by atoms with Gasteiger partial charge >= 0.3 is 0 Å². The van der Waals surface area contributed by atoms with Crippen LogP contribution in [0.1, 0.15) is 19.8 Å². The molecule has 28 heavy (non-hydrogen) atoms. The molecule has 3 aromatic rings. The van der Waals surface area contributed by atoms with E-state index in [9.17, 15) is 13.2 Å². The molecule has 2 heterocycles. The van der Waals surface area contributed by atoms with Crippen molar-refractivity contribution in [1.29, 1.82) is 0 Å². The lowest BCUT2D eigenvalue weighted by molar-refractivity contribution is 0.595. The Hall–Kier alpha value is -1.90. The zero-order valence-electron chi connectivity index (χ0n) is 15.3. The van der Waals surface area contributed by atoms with Gasteiger partial charge in [-0.15, -0.1) is 0 Å². The van der Waals surface area contributed by atoms with E-state index in [0.717, 1.165) is 5.39 Å². The van der Waals surface area contributed by atoms with Crippen LogP contribution in [0.15, 0.2) is 45.3 Å². The number of pyridine rings is 1. The third kappa shape index (κ3) is 3.23. The monoisotopic (exact) mass is 435 g/mol. The average molecular weight is 436 g/mol. The molecule has 6 nitrogen and oxygen atoms in total. The fourth-order valence-electron chi connectivity index (χ4n) is 3.19. The fourth-order valence-corrected chi connectivity index (χ4v) is 5.55. The van der Waals surface area contributed by atoms with Gasteiger partial charge in [-0.3, -0.25) is 9.36 Å². The Balaban J connectivity index is 1.89. The number of fused-ring (bicyclic) bond motifs is 1. The normalized spacial score (nSPS) is 14.5. The van der Waals surface area contributed by atoms with Gasteiger partial charge in [-0.25, -0.2) is 18.4 Å². The first-order chi connectivity index (χ1) is 13.4. The predicted molar refractivity (Wildman–Crippen MR) is 112 cm³/mol. The molecule has 1 aliphatic rings. The summed E-state index contributed by atoms with van der Waals surface area (Å²) in [4.78, 5) is 22.0. The Morgan fingerprint density at radius 1 is 1.25 bits per heavy atom. The second-order valence-corrected chi connectivity index (χ2v) is 10.0. The molecule has 0 unspecified atom stereocenters. The third-order valence-corrected chi connectivity index (χ3v) is 7.96. The second kappa shape index (κ2) is 7.17. The van der Waals surface area contributed by atoms with E-state index in [0.29, 0.717) is 41.3 Å². The lowest BCUT2D eigenvalue weighted by Crippen LogP contribution is -2.22. The van der Waals surface area contributed by atoms with Crippen molar-refractivity contribution >= 4 is 44.2 Å². The molecular formula is C19H18ClN3O3S2. The van der Waals surface area contributed by atoms with Crippen LogP contribution in [0.2, 0.25) is 5.02 Å². The van der Waals surface area contributed by atoms with Gasteiger partial charge in [0, 0.05) is 34.3 Å². The number of aromatic nitrogens is 3. The highest BCUT2D eigenvalue weighted by Gasteiger charge is 2.37. The maximum Gasteiger partial charge on any atom is 0.260 e. The summed E-state index contributed by atoms with van der Waals surface area (Å²) in [5.74, 6) is 0. The zero-order chi connectivity index (χ0) is 20.1. The summed E-state index contributed by atoms with van der Waals surface area (Å²) in [5, 5.41) is 1.24. The molecule has 1 fully saturated rings. The summed E-state index contributed by atoms with van der Waals surface area (Å²) >= 11 is 7.82. The van der Waals surface area contributed by atoms with Crippen molar-refractivity contribution in [3.8, 4) is 11.1 Å². The number of benzene rings is 1. The molecule has 2 aromatic heterocycles. The highest BCUT2D eigenvalue weighted by molar-refractivity contribution is 7.98. The van der Waals surface area contributed by atoms with Gasteiger partial charge in [0.05, 0.1) is 10.1 Å². The van der Waals surface area contributed by atoms with Gasteiger partial charge in [0.25, 0.3) is 5.56 Å². The number of halogens is 1. The molecule has 0 amide bonds. The Kier molecular flexibility index (Phi) is 4.97. The average Bonchev–Trinajstić information content (AvgIpc) is 3.53. The number of nitrogens with zero attached hydrogens (tertiary/aromatic N) is 3. The van der Waals surface area contributed by atoms with Crippen LogP contribution in [0.3, 0.4) is 0 Å². The van der Waals surface area contributed by atoms with Crippen LogP contribution < -0.4 is 5.56 Å². The number of sulfone groups is 1. The first kappa shape index (κ1) is 19.4. The summed E-state index contributed by atoms with van der Waals surface area (Å²) in [7, 11) is -3.34. The van der Waals surface area contributed by atoms with Crippen LogP contribution in [0, 0.1) is 0 Å². The lowest BCUT2D eigenvalue weighted by atomic mass is 10.1. The van der Waals surface area contributed by atoms with Gasteiger partial charge in [-0.1, -0.05) is 29.4 Å². The van der Waals surface area contributed by atoms with Crippen LogP contribution in [0.4, 0.5) is 0 Å². The van der Waals surface area contributed by atoms with Crippen molar-refractivity contribution in [2.75, 3.05) is 6.26 Å². The topological polar surface area (TPSA) is 81.9 Å². The van der Waals surface area contributed by atoms with Crippen LogP contribution in [-0.4, -0.2) is 34.5 Å². The Morgan fingerprint density at radius 2 is 2.00 bits per heavy atom. The third-order valence-electron chi connectivity index (χ3n) is 4.83. The van der Waals surface area contributed by atoms with Gasteiger partial charge in [-0.2, -0.15) is 0 Å². The second-order valence-electron chi connectivity index (χ2n) is 6.63. The van der Waals surface area contributed by atoms with E-state index < -0.39 is 9.84 Å². The van der Waals surface area contributed by atoms with Crippen LogP contribution in [0.5, 0.6) is 0 Å². The molecule has 1 aromatic carbocycles. The van der Waals surface area contributed by atoms with Crippen molar-refractivity contribution in [2.45, 2.75) is 41.6 Å². The summed E-state index contributed by atoms with van der Waals surface area (Å²) in [5.41, 5.74) is 1.25. The quantitative estimate of drug-likeness (QED) is 0.448. The molecule has 0 bridgehead atoms. The molecule has 0 aliphatic heterocycles. The SMILES string of the molecule is CCn1c(=O)c(-c2ccc(S(=O)(=O)C3CC3)cc2Cl)cc2cnc(SC)nc21. The van der Waals surface area contributed by atoms with Gasteiger partial charge in [-0.05, 0) is 44.2 Å². The van der Waals surface area contributed by atoms with Gasteiger partial charge in [0.2, 0.25) is 0 Å². The molecule has 0 atom stereocenters. The molecular weight excluding hydrogens is 418 g/mol. The van der Waals surface area contributed by atoms with E-state index in [1.165, 1.54) is 23.9 Å². The molecule has 1 saturated carbocycles. The molecule has 9 heteroatoms. The first-order valence-corrected chi connectivity index (χ1v) is 12.0. The number of aryl methyl sites for hydroxylation is 1. The van der Waals surface area contributed by atoms with Crippen molar-refractivity contribution < 1.29 is 8.42 Å². The van der Waals surface area contributed by atoms with E-state index in [-0.39, 0.29) is 20.7 Å².